The number of nitrogens with zero attached hydrogens (tertiary/aromatic N) is 1. The Balaban J connectivity index is 0.000000695. The van der Waals surface area contributed by atoms with Crippen LogP contribution in [-0.2, 0) is 10.0 Å². The van der Waals surface area contributed by atoms with Gasteiger partial charge in [-0.15, -0.1) is 0 Å². The highest BCUT2D eigenvalue weighted by molar-refractivity contribution is 7.89. The fourth-order valence-corrected chi connectivity index (χ4v) is 5.72. The Morgan fingerprint density at radius 1 is 0.919 bits per heavy atom. The molecule has 0 bridgehead atoms. The third-order valence-electron chi connectivity index (χ3n) is 5.96. The van der Waals surface area contributed by atoms with E-state index in [-0.39, 0.29) is 16.0 Å². The number of ketones is 2. The van der Waals surface area contributed by atoms with E-state index in [0.29, 0.717) is 15.4 Å². The number of hydrogen-bond donors (Lipinski definition) is 1. The zero-order chi connectivity index (χ0) is 27.2. The molecule has 0 amide bonds. The third kappa shape index (κ3) is 5.98. The highest BCUT2D eigenvalue weighted by Crippen LogP contribution is 2.35. The standard InChI is InChI=1S/C25H21NO5S.C4H11N/c1-16-12-13-19(17(2)14-16)21(27)15-26-23(24(28)18-8-4-3-5-9-18)25(29)20-10-6-7-11-22(20)32(26,30)31;1-3-5-4-2/h3-14,28H,15H2,1-2H3;5H,3-4H2,1-2H3/b24-23-;. The summed E-state index contributed by atoms with van der Waals surface area (Å²) in [4.78, 5) is 26.2. The molecule has 3 aromatic rings. The number of carbonyl (C=O) groups excluding carboxylic acids is 2. The zero-order valence-electron chi connectivity index (χ0n) is 21.5. The predicted molar refractivity (Wildman–Crippen MR) is 141 cm³/mol. The molecule has 0 aromatic heterocycles. The second-order valence-corrected chi connectivity index (χ2v) is 10.6. The molecule has 194 valence electrons. The molecular formula is C29H32N2O5S. The number of fused-ring (bicyclic) bond motifs is 1. The Morgan fingerprint density at radius 2 is 1.54 bits per heavy atom. The maximum atomic E-state index is 13.5. The molecule has 0 aliphatic carbocycles. The number of hydrogen-bond acceptors (Lipinski definition) is 5. The lowest BCUT2D eigenvalue weighted by Crippen LogP contribution is -2.82. The number of allylic oxidation sites excluding steroid dienone is 1. The Kier molecular flexibility index (Phi) is 9.02. The largest absolute Gasteiger partial charge is 0.871 e. The Hall–Kier alpha value is -3.75. The molecule has 1 aliphatic rings. The minimum Gasteiger partial charge on any atom is -0.871 e. The van der Waals surface area contributed by atoms with Crippen LogP contribution < -0.4 is 10.4 Å². The van der Waals surface area contributed by atoms with Crippen molar-refractivity contribution in [3.63, 3.8) is 0 Å². The molecule has 0 saturated heterocycles. The van der Waals surface area contributed by atoms with Gasteiger partial charge < -0.3 is 10.4 Å². The molecule has 0 unspecified atom stereocenters. The van der Waals surface area contributed by atoms with Gasteiger partial charge in [0.2, 0.25) is 5.78 Å². The minimum absolute atomic E-state index is 0.0815. The molecule has 7 nitrogen and oxygen atoms in total. The second kappa shape index (κ2) is 12.0. The highest BCUT2D eigenvalue weighted by atomic mass is 32.2. The maximum Gasteiger partial charge on any atom is 0.265 e. The smallest absolute Gasteiger partial charge is 0.265 e. The van der Waals surface area contributed by atoms with Gasteiger partial charge in [-0.1, -0.05) is 72.0 Å². The highest BCUT2D eigenvalue weighted by Gasteiger charge is 2.40. The van der Waals surface area contributed by atoms with E-state index in [1.54, 1.807) is 37.3 Å². The van der Waals surface area contributed by atoms with E-state index in [0.717, 1.165) is 5.56 Å². The van der Waals surface area contributed by atoms with Crippen LogP contribution in [0.5, 0.6) is 0 Å². The number of sulfonamides is 1. The molecule has 0 spiro atoms. The van der Waals surface area contributed by atoms with Crippen molar-refractivity contribution in [2.75, 3.05) is 19.6 Å². The van der Waals surface area contributed by atoms with Crippen LogP contribution in [0.4, 0.5) is 0 Å². The minimum atomic E-state index is -4.31. The van der Waals surface area contributed by atoms with Gasteiger partial charge in [-0.25, -0.2) is 8.42 Å². The van der Waals surface area contributed by atoms with Crippen molar-refractivity contribution in [2.24, 2.45) is 0 Å². The van der Waals surface area contributed by atoms with Gasteiger partial charge in [0.25, 0.3) is 10.0 Å². The molecule has 1 heterocycles. The number of quaternary nitrogens is 1. The van der Waals surface area contributed by atoms with Gasteiger partial charge in [-0.3, -0.25) is 13.9 Å². The molecule has 3 aromatic carbocycles. The van der Waals surface area contributed by atoms with Gasteiger partial charge >= 0.3 is 0 Å². The average Bonchev–Trinajstić information content (AvgIpc) is 2.88. The molecule has 8 heteroatoms. The first-order valence-electron chi connectivity index (χ1n) is 12.2. The van der Waals surface area contributed by atoms with Gasteiger partial charge in [0.15, 0.2) is 5.78 Å². The van der Waals surface area contributed by atoms with Gasteiger partial charge in [0, 0.05) is 11.1 Å². The summed E-state index contributed by atoms with van der Waals surface area (Å²) < 4.78 is 27.6. The zero-order valence-corrected chi connectivity index (χ0v) is 22.3. The van der Waals surface area contributed by atoms with E-state index in [1.807, 2.05) is 13.0 Å². The first kappa shape index (κ1) is 27.8. The first-order chi connectivity index (χ1) is 17.6. The molecule has 2 N–H and O–H groups in total. The number of aryl methyl sites for hydroxylation is 2. The summed E-state index contributed by atoms with van der Waals surface area (Å²) in [5.74, 6) is -1.98. The fourth-order valence-electron chi connectivity index (χ4n) is 4.10. The molecule has 0 atom stereocenters. The van der Waals surface area contributed by atoms with Crippen LogP contribution in [0.1, 0.15) is 51.3 Å². The lowest BCUT2D eigenvalue weighted by atomic mass is 10.0. The number of Topliss-reactive ketones (excluding diaryl/α,β-unsaturated/α-hetero) is 2. The second-order valence-electron chi connectivity index (χ2n) is 8.73. The van der Waals surface area contributed by atoms with Crippen LogP contribution in [0.15, 0.2) is 83.4 Å². The molecule has 1 aliphatic heterocycles. The van der Waals surface area contributed by atoms with Crippen LogP contribution in [0, 0.1) is 13.8 Å². The van der Waals surface area contributed by atoms with E-state index < -0.39 is 39.6 Å². The van der Waals surface area contributed by atoms with Crippen molar-refractivity contribution in [3.8, 4) is 0 Å². The summed E-state index contributed by atoms with van der Waals surface area (Å²) >= 11 is 0. The lowest BCUT2D eigenvalue weighted by molar-refractivity contribution is -0.648. The van der Waals surface area contributed by atoms with Gasteiger partial charge in [0.05, 0.1) is 30.2 Å². The monoisotopic (exact) mass is 520 g/mol. The summed E-state index contributed by atoms with van der Waals surface area (Å²) in [6.45, 7) is 9.74. The van der Waals surface area contributed by atoms with Crippen molar-refractivity contribution >= 4 is 27.3 Å². The molecule has 0 saturated carbocycles. The van der Waals surface area contributed by atoms with Crippen molar-refractivity contribution in [2.45, 2.75) is 32.6 Å². The molecule has 4 rings (SSSR count). The lowest BCUT2D eigenvalue weighted by Gasteiger charge is -2.34. The molecule has 37 heavy (non-hydrogen) atoms. The summed E-state index contributed by atoms with van der Waals surface area (Å²) in [5.41, 5.74) is 1.51. The summed E-state index contributed by atoms with van der Waals surface area (Å²) in [5, 5.41) is 15.5. The van der Waals surface area contributed by atoms with E-state index in [9.17, 15) is 23.1 Å². The van der Waals surface area contributed by atoms with E-state index in [2.05, 4.69) is 19.2 Å². The van der Waals surface area contributed by atoms with Crippen LogP contribution >= 0.6 is 0 Å². The third-order valence-corrected chi connectivity index (χ3v) is 7.77. The molecule has 0 fully saturated rings. The fraction of sp³-hybridized carbons (Fsp3) is 0.241. The number of nitrogens with two attached hydrogens (primary N) is 1. The Labute approximate surface area is 218 Å². The van der Waals surface area contributed by atoms with Gasteiger partial charge in [-0.2, -0.15) is 0 Å². The topological polar surface area (TPSA) is 111 Å². The predicted octanol–water partition coefficient (Wildman–Crippen LogP) is 2.69. The molecular weight excluding hydrogens is 488 g/mol. The van der Waals surface area contributed by atoms with Crippen LogP contribution in [0.3, 0.4) is 0 Å². The summed E-state index contributed by atoms with van der Waals surface area (Å²) in [6, 6.07) is 18.9. The molecule has 0 radical (unpaired) electrons. The average molecular weight is 521 g/mol. The number of carbonyl (C=O) groups is 2. The Bertz CT molecular complexity index is 1430. The van der Waals surface area contributed by atoms with E-state index >= 15 is 0 Å². The number of rotatable bonds is 6. The van der Waals surface area contributed by atoms with Crippen LogP contribution in [0.2, 0.25) is 0 Å². The van der Waals surface area contributed by atoms with Gasteiger partial charge in [0.1, 0.15) is 0 Å². The first-order valence-corrected chi connectivity index (χ1v) is 13.6. The SMILES string of the molecule is CC[NH2+]CC.Cc1ccc(C(=O)CN2/C(=C(\[O-])c3ccccc3)C(=O)c3ccccc3S2(=O)=O)c(C)c1. The van der Waals surface area contributed by atoms with Crippen LogP contribution in [0.25, 0.3) is 5.76 Å². The van der Waals surface area contributed by atoms with E-state index in [1.165, 1.54) is 49.5 Å². The van der Waals surface area contributed by atoms with Crippen molar-refractivity contribution in [1.29, 1.82) is 0 Å². The summed E-state index contributed by atoms with van der Waals surface area (Å²) in [7, 11) is -4.31. The van der Waals surface area contributed by atoms with Crippen molar-refractivity contribution < 1.29 is 28.4 Å². The summed E-state index contributed by atoms with van der Waals surface area (Å²) in [6.07, 6.45) is 0. The van der Waals surface area contributed by atoms with Crippen molar-refractivity contribution in [1.82, 2.24) is 4.31 Å². The normalized spacial score (nSPS) is 15.4. The quantitative estimate of drug-likeness (QED) is 0.305. The maximum absolute atomic E-state index is 13.5. The number of benzene rings is 3. The van der Waals surface area contributed by atoms with E-state index in [4.69, 9.17) is 0 Å². The van der Waals surface area contributed by atoms with Crippen LogP contribution in [-0.4, -0.2) is 43.9 Å². The van der Waals surface area contributed by atoms with Gasteiger partial charge in [-0.05, 0) is 51.0 Å². The van der Waals surface area contributed by atoms with Crippen molar-refractivity contribution in [3.05, 3.63) is 106 Å². The Morgan fingerprint density at radius 3 is 2.14 bits per heavy atom.